The van der Waals surface area contributed by atoms with E-state index in [2.05, 4.69) is 10.3 Å². The summed E-state index contributed by atoms with van der Waals surface area (Å²) in [7, 11) is 1.64. The van der Waals surface area contributed by atoms with E-state index in [9.17, 15) is 4.79 Å². The van der Waals surface area contributed by atoms with Crippen LogP contribution in [0.4, 0.5) is 5.13 Å². The number of benzene rings is 1. The van der Waals surface area contributed by atoms with Crippen LogP contribution < -0.4 is 10.1 Å². The average Bonchev–Trinajstić information content (AvgIpc) is 2.85. The van der Waals surface area contributed by atoms with Crippen molar-refractivity contribution in [3.05, 3.63) is 29.1 Å². The van der Waals surface area contributed by atoms with Crippen LogP contribution in [-0.4, -0.2) is 18.0 Å². The molecule has 1 amide bonds. The fourth-order valence-electron chi connectivity index (χ4n) is 2.02. The third kappa shape index (κ3) is 4.04. The van der Waals surface area contributed by atoms with Crippen LogP contribution in [0.3, 0.4) is 0 Å². The zero-order valence-corrected chi connectivity index (χ0v) is 13.6. The number of carbonyl (C=O) groups is 1. The van der Waals surface area contributed by atoms with Crippen molar-refractivity contribution in [3.63, 3.8) is 0 Å². The second-order valence-corrected chi connectivity index (χ2v) is 6.25. The molecule has 4 nitrogen and oxygen atoms in total. The number of nitrogens with zero attached hydrogens (tertiary/aromatic N) is 1. The molecule has 0 atom stereocenters. The number of amides is 1. The molecule has 0 unspecified atom stereocenters. The molecule has 1 N–H and O–H groups in total. The molecule has 0 aliphatic carbocycles. The number of aromatic nitrogens is 1. The Morgan fingerprint density at radius 2 is 2.19 bits per heavy atom. The van der Waals surface area contributed by atoms with Gasteiger partial charge < -0.3 is 10.1 Å². The fraction of sp³-hybridized carbons (Fsp3) is 0.375. The summed E-state index contributed by atoms with van der Waals surface area (Å²) in [6.07, 6.45) is 0.503. The molecule has 0 fully saturated rings. The van der Waals surface area contributed by atoms with Crippen LogP contribution in [0.1, 0.15) is 25.8 Å². The number of rotatable bonds is 5. The molecule has 2 rings (SSSR count). The van der Waals surface area contributed by atoms with Gasteiger partial charge in [0.25, 0.3) is 0 Å². The summed E-state index contributed by atoms with van der Waals surface area (Å²) in [5.74, 6) is 1.12. The van der Waals surface area contributed by atoms with Crippen LogP contribution in [0.5, 0.6) is 5.75 Å². The molecule has 5 heteroatoms. The Morgan fingerprint density at radius 3 is 2.86 bits per heavy atom. The first-order chi connectivity index (χ1) is 9.99. The van der Waals surface area contributed by atoms with E-state index in [1.54, 1.807) is 7.11 Å². The number of carbonyl (C=O) groups excluding carboxylic acids is 1. The molecule has 1 aromatic carbocycles. The second kappa shape index (κ2) is 6.72. The molecule has 112 valence electrons. The molecular weight excluding hydrogens is 284 g/mol. The summed E-state index contributed by atoms with van der Waals surface area (Å²) in [5.41, 5.74) is 2.91. The molecular formula is C16H20N2O2S. The third-order valence-electron chi connectivity index (χ3n) is 2.98. The highest BCUT2D eigenvalue weighted by Gasteiger charge is 2.12. The number of hydrogen-bond donors (Lipinski definition) is 1. The molecule has 0 aliphatic heterocycles. The summed E-state index contributed by atoms with van der Waals surface area (Å²) in [5, 5.41) is 5.40. The SMILES string of the molecule is COc1ccc(C)cc1-c1csc(NC(=O)CC(C)C)n1. The Balaban J connectivity index is 2.20. The van der Waals surface area contributed by atoms with Gasteiger partial charge in [-0.3, -0.25) is 4.79 Å². The van der Waals surface area contributed by atoms with Crippen molar-refractivity contribution in [2.24, 2.45) is 5.92 Å². The highest BCUT2D eigenvalue weighted by Crippen LogP contribution is 2.33. The van der Waals surface area contributed by atoms with Gasteiger partial charge in [0.05, 0.1) is 12.8 Å². The maximum atomic E-state index is 11.8. The summed E-state index contributed by atoms with van der Waals surface area (Å²) in [6, 6.07) is 5.97. The molecule has 0 radical (unpaired) electrons. The van der Waals surface area contributed by atoms with Gasteiger partial charge >= 0.3 is 0 Å². The molecule has 0 aliphatic rings. The summed E-state index contributed by atoms with van der Waals surface area (Å²) in [6.45, 7) is 6.07. The number of ether oxygens (including phenoxy) is 1. The molecule has 0 spiro atoms. The van der Waals surface area contributed by atoms with E-state index in [1.807, 2.05) is 44.4 Å². The largest absolute Gasteiger partial charge is 0.496 e. The molecule has 0 bridgehead atoms. The van der Waals surface area contributed by atoms with Gasteiger partial charge in [-0.2, -0.15) is 0 Å². The minimum absolute atomic E-state index is 0.00195. The number of anilines is 1. The van der Waals surface area contributed by atoms with E-state index in [0.717, 1.165) is 22.6 Å². The average molecular weight is 304 g/mol. The van der Waals surface area contributed by atoms with E-state index < -0.39 is 0 Å². The molecule has 1 heterocycles. The minimum Gasteiger partial charge on any atom is -0.496 e. The summed E-state index contributed by atoms with van der Waals surface area (Å²) < 4.78 is 5.38. The normalized spacial score (nSPS) is 10.7. The van der Waals surface area contributed by atoms with E-state index >= 15 is 0 Å². The minimum atomic E-state index is 0.00195. The lowest BCUT2D eigenvalue weighted by molar-refractivity contribution is -0.116. The van der Waals surface area contributed by atoms with Gasteiger partial charge in [0.1, 0.15) is 5.75 Å². The monoisotopic (exact) mass is 304 g/mol. The van der Waals surface area contributed by atoms with Gasteiger partial charge in [-0.05, 0) is 25.0 Å². The third-order valence-corrected chi connectivity index (χ3v) is 3.73. The predicted octanol–water partition coefficient (Wildman–Crippen LogP) is 4.11. The van der Waals surface area contributed by atoms with Gasteiger partial charge in [0, 0.05) is 17.4 Å². The van der Waals surface area contributed by atoms with Crippen LogP contribution in [0.25, 0.3) is 11.3 Å². The molecule has 2 aromatic rings. The van der Waals surface area contributed by atoms with Crippen LogP contribution in [0.15, 0.2) is 23.6 Å². The van der Waals surface area contributed by atoms with Crippen molar-refractivity contribution in [3.8, 4) is 17.0 Å². The maximum absolute atomic E-state index is 11.8. The number of aryl methyl sites for hydroxylation is 1. The number of hydrogen-bond acceptors (Lipinski definition) is 4. The zero-order valence-electron chi connectivity index (χ0n) is 12.8. The smallest absolute Gasteiger partial charge is 0.226 e. The zero-order chi connectivity index (χ0) is 15.4. The Bertz CT molecular complexity index is 635. The van der Waals surface area contributed by atoms with Gasteiger partial charge in [-0.1, -0.05) is 25.5 Å². The standard InChI is InChI=1S/C16H20N2O2S/c1-10(2)7-15(19)18-16-17-13(9-21-16)12-8-11(3)5-6-14(12)20-4/h5-6,8-10H,7H2,1-4H3,(H,17,18,19). The van der Waals surface area contributed by atoms with Crippen molar-refractivity contribution in [1.29, 1.82) is 0 Å². The van der Waals surface area contributed by atoms with Crippen molar-refractivity contribution in [1.82, 2.24) is 4.98 Å². The Labute approximate surface area is 129 Å². The van der Waals surface area contributed by atoms with E-state index in [1.165, 1.54) is 11.3 Å². The fourth-order valence-corrected chi connectivity index (χ4v) is 2.74. The summed E-state index contributed by atoms with van der Waals surface area (Å²) >= 11 is 1.43. The van der Waals surface area contributed by atoms with Gasteiger partial charge in [0.2, 0.25) is 5.91 Å². The molecule has 1 aromatic heterocycles. The first-order valence-electron chi connectivity index (χ1n) is 6.90. The molecule has 21 heavy (non-hydrogen) atoms. The molecule has 0 saturated carbocycles. The van der Waals surface area contributed by atoms with Crippen LogP contribution in [0.2, 0.25) is 0 Å². The highest BCUT2D eigenvalue weighted by atomic mass is 32.1. The van der Waals surface area contributed by atoms with Crippen molar-refractivity contribution in [2.75, 3.05) is 12.4 Å². The number of thiazole rings is 1. The van der Waals surface area contributed by atoms with Gasteiger partial charge in [-0.15, -0.1) is 11.3 Å². The lowest BCUT2D eigenvalue weighted by Crippen LogP contribution is -2.13. The first-order valence-corrected chi connectivity index (χ1v) is 7.78. The van der Waals surface area contributed by atoms with Gasteiger partial charge in [-0.25, -0.2) is 4.98 Å². The van der Waals surface area contributed by atoms with Gasteiger partial charge in [0.15, 0.2) is 5.13 Å². The Morgan fingerprint density at radius 1 is 1.43 bits per heavy atom. The van der Waals surface area contributed by atoms with Crippen molar-refractivity contribution in [2.45, 2.75) is 27.2 Å². The van der Waals surface area contributed by atoms with Crippen molar-refractivity contribution >= 4 is 22.4 Å². The quantitative estimate of drug-likeness (QED) is 0.904. The van der Waals surface area contributed by atoms with Crippen molar-refractivity contribution < 1.29 is 9.53 Å². The lowest BCUT2D eigenvalue weighted by Gasteiger charge is -2.07. The topological polar surface area (TPSA) is 51.2 Å². The summed E-state index contributed by atoms with van der Waals surface area (Å²) in [4.78, 5) is 16.3. The number of methoxy groups -OCH3 is 1. The first kappa shape index (κ1) is 15.5. The lowest BCUT2D eigenvalue weighted by atomic mass is 10.1. The van der Waals surface area contributed by atoms with Crippen LogP contribution in [0, 0.1) is 12.8 Å². The Kier molecular flexibility index (Phi) is 4.96. The van der Waals surface area contributed by atoms with Crippen LogP contribution in [-0.2, 0) is 4.79 Å². The highest BCUT2D eigenvalue weighted by molar-refractivity contribution is 7.14. The van der Waals surface area contributed by atoms with E-state index in [0.29, 0.717) is 17.5 Å². The van der Waals surface area contributed by atoms with E-state index in [4.69, 9.17) is 4.74 Å². The predicted molar refractivity (Wildman–Crippen MR) is 86.9 cm³/mol. The number of nitrogens with one attached hydrogen (secondary N) is 1. The van der Waals surface area contributed by atoms with E-state index in [-0.39, 0.29) is 5.91 Å². The second-order valence-electron chi connectivity index (χ2n) is 5.39. The van der Waals surface area contributed by atoms with Crippen LogP contribution >= 0.6 is 11.3 Å². The maximum Gasteiger partial charge on any atom is 0.226 e. The Hall–Kier alpha value is -1.88. The molecule has 0 saturated heterocycles.